The molecule has 0 aliphatic carbocycles. The highest BCUT2D eigenvalue weighted by atomic mass is 19.1. The molecular weight excluding hydrogens is 483 g/mol. The summed E-state index contributed by atoms with van der Waals surface area (Å²) in [6.07, 6.45) is 1.68. The molecule has 196 valence electrons. The lowest BCUT2D eigenvalue weighted by Crippen LogP contribution is -2.45. The van der Waals surface area contributed by atoms with Crippen LogP contribution in [0.15, 0.2) is 83.3 Å². The van der Waals surface area contributed by atoms with E-state index in [1.54, 1.807) is 28.0 Å². The summed E-state index contributed by atoms with van der Waals surface area (Å²) in [6.45, 7) is 3.24. The fraction of sp³-hybridized carbons (Fsp3) is 0.290. The molecule has 7 heteroatoms. The molecule has 0 spiro atoms. The Labute approximate surface area is 221 Å². The quantitative estimate of drug-likeness (QED) is 0.286. The Morgan fingerprint density at radius 2 is 1.71 bits per heavy atom. The van der Waals surface area contributed by atoms with Gasteiger partial charge in [-0.05, 0) is 72.5 Å². The lowest BCUT2D eigenvalue weighted by Gasteiger charge is -2.29. The second-order valence-corrected chi connectivity index (χ2v) is 9.77. The number of carbonyl (C=O) groups excluding carboxylic acids is 2. The van der Waals surface area contributed by atoms with Crippen molar-refractivity contribution in [1.29, 1.82) is 0 Å². The van der Waals surface area contributed by atoms with Gasteiger partial charge in [0, 0.05) is 25.3 Å². The monoisotopic (exact) mass is 514 g/mol. The fourth-order valence-corrected chi connectivity index (χ4v) is 4.82. The van der Waals surface area contributed by atoms with Crippen molar-refractivity contribution in [3.63, 3.8) is 0 Å². The molecule has 1 unspecified atom stereocenters. The summed E-state index contributed by atoms with van der Waals surface area (Å²) in [5, 5.41) is 2.01. The zero-order chi connectivity index (χ0) is 26.5. The molecule has 1 fully saturated rings. The molecule has 5 rings (SSSR count). The summed E-state index contributed by atoms with van der Waals surface area (Å²) >= 11 is 0. The number of fused-ring (bicyclic) bond motifs is 1. The molecule has 1 saturated heterocycles. The van der Waals surface area contributed by atoms with Gasteiger partial charge >= 0.3 is 0 Å². The van der Waals surface area contributed by atoms with Crippen molar-refractivity contribution in [2.45, 2.75) is 39.0 Å². The van der Waals surface area contributed by atoms with Gasteiger partial charge < -0.3 is 19.0 Å². The maximum Gasteiger partial charge on any atom is 0.254 e. The average Bonchev–Trinajstić information content (AvgIpc) is 3.60. The Morgan fingerprint density at radius 3 is 2.42 bits per heavy atom. The summed E-state index contributed by atoms with van der Waals surface area (Å²) in [5.74, 6) is 0.618. The van der Waals surface area contributed by atoms with E-state index in [0.29, 0.717) is 24.5 Å². The molecule has 6 nitrogen and oxygen atoms in total. The molecule has 0 saturated carbocycles. The number of rotatable bonds is 9. The molecule has 2 heterocycles. The van der Waals surface area contributed by atoms with Gasteiger partial charge in [0.05, 0.1) is 12.6 Å². The highest BCUT2D eigenvalue weighted by molar-refractivity contribution is 6.00. The standard InChI is InChI=1S/C31H31FN2O4/c1-22-8-15-29(38-22)20-33(18-23-9-13-27(32)14-10-23)30(35)21-34(19-28-7-4-16-37-28)31(36)26-12-11-24-5-2-3-6-25(24)17-26/h2-3,5-6,8-15,17,28H,4,7,16,18-21H2,1H3. The lowest BCUT2D eigenvalue weighted by atomic mass is 10.1. The van der Waals surface area contributed by atoms with Crippen LogP contribution in [0.4, 0.5) is 4.39 Å². The van der Waals surface area contributed by atoms with Crippen molar-refractivity contribution in [2.24, 2.45) is 0 Å². The van der Waals surface area contributed by atoms with E-state index in [1.807, 2.05) is 55.5 Å². The predicted octanol–water partition coefficient (Wildman–Crippen LogP) is 5.73. The van der Waals surface area contributed by atoms with E-state index in [-0.39, 0.29) is 43.4 Å². The number of carbonyl (C=O) groups is 2. The van der Waals surface area contributed by atoms with Gasteiger partial charge in [-0.15, -0.1) is 0 Å². The third-order valence-corrected chi connectivity index (χ3v) is 6.84. The first-order valence-electron chi connectivity index (χ1n) is 12.9. The van der Waals surface area contributed by atoms with E-state index in [4.69, 9.17) is 9.15 Å². The Morgan fingerprint density at radius 1 is 0.921 bits per heavy atom. The molecule has 0 N–H and O–H groups in total. The molecule has 0 bridgehead atoms. The number of ether oxygens (including phenoxy) is 1. The summed E-state index contributed by atoms with van der Waals surface area (Å²) in [6, 6.07) is 23.2. The molecule has 0 radical (unpaired) electrons. The van der Waals surface area contributed by atoms with Crippen LogP contribution in [0.3, 0.4) is 0 Å². The minimum atomic E-state index is -0.336. The Balaban J connectivity index is 1.39. The molecule has 1 atom stereocenters. The van der Waals surface area contributed by atoms with Gasteiger partial charge in [0.15, 0.2) is 0 Å². The number of nitrogens with zero attached hydrogens (tertiary/aromatic N) is 2. The Bertz CT molecular complexity index is 1410. The van der Waals surface area contributed by atoms with Crippen molar-refractivity contribution in [3.05, 3.63) is 107 Å². The molecular formula is C31H31FN2O4. The van der Waals surface area contributed by atoms with Crippen LogP contribution in [-0.2, 0) is 22.6 Å². The van der Waals surface area contributed by atoms with Crippen molar-refractivity contribution in [3.8, 4) is 0 Å². The SMILES string of the molecule is Cc1ccc(CN(Cc2ccc(F)cc2)C(=O)CN(CC2CCCO2)C(=O)c2ccc3ccccc3c2)o1. The normalized spacial score (nSPS) is 15.1. The summed E-state index contributed by atoms with van der Waals surface area (Å²) < 4.78 is 25.0. The van der Waals surface area contributed by atoms with Gasteiger partial charge in [0.1, 0.15) is 23.9 Å². The highest BCUT2D eigenvalue weighted by Crippen LogP contribution is 2.20. The van der Waals surface area contributed by atoms with Crippen LogP contribution >= 0.6 is 0 Å². The molecule has 38 heavy (non-hydrogen) atoms. The minimum absolute atomic E-state index is 0.105. The number of amides is 2. The first-order valence-corrected chi connectivity index (χ1v) is 12.9. The number of halogens is 1. The van der Waals surface area contributed by atoms with Gasteiger partial charge in [-0.25, -0.2) is 4.39 Å². The first kappa shape index (κ1) is 25.7. The van der Waals surface area contributed by atoms with Crippen molar-refractivity contribution in [1.82, 2.24) is 9.80 Å². The van der Waals surface area contributed by atoms with Gasteiger partial charge in [-0.1, -0.05) is 42.5 Å². The smallest absolute Gasteiger partial charge is 0.254 e. The minimum Gasteiger partial charge on any atom is -0.464 e. The van der Waals surface area contributed by atoms with E-state index in [1.165, 1.54) is 12.1 Å². The zero-order valence-corrected chi connectivity index (χ0v) is 21.4. The van der Waals surface area contributed by atoms with Crippen LogP contribution < -0.4 is 0 Å². The topological polar surface area (TPSA) is 63.0 Å². The maximum atomic E-state index is 13.7. The summed E-state index contributed by atoms with van der Waals surface area (Å²) in [4.78, 5) is 30.7. The number of hydrogen-bond donors (Lipinski definition) is 0. The van der Waals surface area contributed by atoms with Crippen LogP contribution in [0.2, 0.25) is 0 Å². The van der Waals surface area contributed by atoms with E-state index < -0.39 is 0 Å². The van der Waals surface area contributed by atoms with Gasteiger partial charge in [0.25, 0.3) is 5.91 Å². The van der Waals surface area contributed by atoms with Crippen LogP contribution in [0, 0.1) is 12.7 Å². The average molecular weight is 515 g/mol. The van der Waals surface area contributed by atoms with E-state index >= 15 is 0 Å². The summed E-state index contributed by atoms with van der Waals surface area (Å²) in [5.41, 5.74) is 1.32. The van der Waals surface area contributed by atoms with Crippen LogP contribution in [0.25, 0.3) is 10.8 Å². The number of hydrogen-bond acceptors (Lipinski definition) is 4. The molecule has 3 aromatic carbocycles. The number of benzene rings is 3. The molecule has 4 aromatic rings. The van der Waals surface area contributed by atoms with E-state index in [0.717, 1.165) is 34.9 Å². The predicted molar refractivity (Wildman–Crippen MR) is 143 cm³/mol. The second kappa shape index (κ2) is 11.6. The first-order chi connectivity index (χ1) is 18.4. The number of furan rings is 1. The molecule has 1 aliphatic rings. The summed E-state index contributed by atoms with van der Waals surface area (Å²) in [7, 11) is 0. The third-order valence-electron chi connectivity index (χ3n) is 6.84. The second-order valence-electron chi connectivity index (χ2n) is 9.77. The van der Waals surface area contributed by atoms with Gasteiger partial charge in [0.2, 0.25) is 5.91 Å². The lowest BCUT2D eigenvalue weighted by molar-refractivity contribution is -0.133. The van der Waals surface area contributed by atoms with E-state index in [9.17, 15) is 14.0 Å². The van der Waals surface area contributed by atoms with Crippen molar-refractivity contribution in [2.75, 3.05) is 19.7 Å². The van der Waals surface area contributed by atoms with Crippen molar-refractivity contribution < 1.29 is 23.1 Å². The van der Waals surface area contributed by atoms with E-state index in [2.05, 4.69) is 0 Å². The molecule has 1 aromatic heterocycles. The van der Waals surface area contributed by atoms with Crippen LogP contribution in [-0.4, -0.2) is 47.4 Å². The van der Waals surface area contributed by atoms with Crippen LogP contribution in [0.1, 0.15) is 40.3 Å². The Kier molecular flexibility index (Phi) is 7.84. The maximum absolute atomic E-state index is 13.7. The third kappa shape index (κ3) is 6.29. The van der Waals surface area contributed by atoms with Crippen LogP contribution in [0.5, 0.6) is 0 Å². The Hall–Kier alpha value is -3.97. The number of aryl methyl sites for hydroxylation is 1. The van der Waals surface area contributed by atoms with Gasteiger partial charge in [-0.3, -0.25) is 9.59 Å². The fourth-order valence-electron chi connectivity index (χ4n) is 4.82. The zero-order valence-electron chi connectivity index (χ0n) is 21.4. The largest absolute Gasteiger partial charge is 0.464 e. The van der Waals surface area contributed by atoms with Crippen molar-refractivity contribution >= 4 is 22.6 Å². The van der Waals surface area contributed by atoms with Gasteiger partial charge in [-0.2, -0.15) is 0 Å². The highest BCUT2D eigenvalue weighted by Gasteiger charge is 2.27. The molecule has 2 amide bonds. The molecule has 1 aliphatic heterocycles.